The first-order chi connectivity index (χ1) is 7.70. The maximum absolute atomic E-state index is 11.8. The van der Waals surface area contributed by atoms with Crippen molar-refractivity contribution in [1.29, 1.82) is 0 Å². The molecule has 4 heteroatoms. The molecule has 0 aromatic carbocycles. The second kappa shape index (κ2) is 5.15. The number of ether oxygens (including phenoxy) is 1. The summed E-state index contributed by atoms with van der Waals surface area (Å²) in [5, 5.41) is 6.22. The van der Waals surface area contributed by atoms with Crippen molar-refractivity contribution in [2.75, 3.05) is 26.3 Å². The summed E-state index contributed by atoms with van der Waals surface area (Å²) in [5.41, 5.74) is 0.325. The first kappa shape index (κ1) is 11.9. The van der Waals surface area contributed by atoms with Gasteiger partial charge < -0.3 is 15.4 Å². The highest BCUT2D eigenvalue weighted by molar-refractivity contribution is 5.82. The lowest BCUT2D eigenvalue weighted by atomic mass is 9.89. The average Bonchev–Trinajstić information content (AvgIpc) is 2.75. The minimum Gasteiger partial charge on any atom is -0.378 e. The molecule has 0 radical (unpaired) electrons. The smallest absolute Gasteiger partial charge is 0.239 e. The fraction of sp³-hybridized carbons (Fsp3) is 0.917. The molecular formula is C12H22N2O2. The molecule has 1 heterocycles. The molecular weight excluding hydrogens is 204 g/mol. The third-order valence-corrected chi connectivity index (χ3v) is 3.74. The lowest BCUT2D eigenvalue weighted by Gasteiger charge is -2.27. The Labute approximate surface area is 97.1 Å². The van der Waals surface area contributed by atoms with Crippen LogP contribution in [0.2, 0.25) is 0 Å². The summed E-state index contributed by atoms with van der Waals surface area (Å²) in [6, 6.07) is -0.154. The predicted molar refractivity (Wildman–Crippen MR) is 62.2 cm³/mol. The van der Waals surface area contributed by atoms with Crippen LogP contribution in [0.5, 0.6) is 0 Å². The van der Waals surface area contributed by atoms with Crippen LogP contribution in [0.3, 0.4) is 0 Å². The fourth-order valence-electron chi connectivity index (χ4n) is 2.56. The number of carbonyl (C=O) groups excluding carboxylic acids is 1. The van der Waals surface area contributed by atoms with Crippen LogP contribution in [0.1, 0.15) is 32.6 Å². The fourth-order valence-corrected chi connectivity index (χ4v) is 2.56. The van der Waals surface area contributed by atoms with E-state index in [9.17, 15) is 4.79 Å². The number of carbonyl (C=O) groups is 1. The van der Waals surface area contributed by atoms with Gasteiger partial charge in [0.05, 0.1) is 13.2 Å². The summed E-state index contributed by atoms with van der Waals surface area (Å²) >= 11 is 0. The summed E-state index contributed by atoms with van der Waals surface area (Å²) < 4.78 is 5.28. The number of hydrogen-bond acceptors (Lipinski definition) is 3. The Morgan fingerprint density at radius 3 is 2.88 bits per heavy atom. The zero-order chi connectivity index (χ0) is 11.4. The Morgan fingerprint density at radius 2 is 2.25 bits per heavy atom. The summed E-state index contributed by atoms with van der Waals surface area (Å²) in [4.78, 5) is 11.8. The Hall–Kier alpha value is -0.610. The summed E-state index contributed by atoms with van der Waals surface area (Å²) in [7, 11) is 0. The van der Waals surface area contributed by atoms with E-state index < -0.39 is 0 Å². The van der Waals surface area contributed by atoms with E-state index in [4.69, 9.17) is 4.74 Å². The van der Waals surface area contributed by atoms with Gasteiger partial charge in [-0.05, 0) is 18.3 Å². The van der Waals surface area contributed by atoms with E-state index in [1.165, 1.54) is 25.7 Å². The lowest BCUT2D eigenvalue weighted by molar-refractivity contribution is -0.126. The van der Waals surface area contributed by atoms with Crippen LogP contribution in [-0.4, -0.2) is 38.3 Å². The van der Waals surface area contributed by atoms with Crippen molar-refractivity contribution < 1.29 is 9.53 Å². The predicted octanol–water partition coefficient (Wildman–Crippen LogP) is 0.671. The first-order valence-electron chi connectivity index (χ1n) is 6.28. The summed E-state index contributed by atoms with van der Waals surface area (Å²) in [6.45, 7) is 5.06. The molecule has 1 unspecified atom stereocenters. The SMILES string of the molecule is CC1(CNC(=O)C2COCCN2)CCCC1. The van der Waals surface area contributed by atoms with Crippen LogP contribution in [0.25, 0.3) is 0 Å². The zero-order valence-corrected chi connectivity index (χ0v) is 10.1. The van der Waals surface area contributed by atoms with Gasteiger partial charge in [-0.1, -0.05) is 19.8 Å². The van der Waals surface area contributed by atoms with Gasteiger partial charge in [-0.25, -0.2) is 0 Å². The van der Waals surface area contributed by atoms with E-state index in [0.29, 0.717) is 18.6 Å². The largest absolute Gasteiger partial charge is 0.378 e. The van der Waals surface area contributed by atoms with Crippen molar-refractivity contribution in [1.82, 2.24) is 10.6 Å². The van der Waals surface area contributed by atoms with Crippen LogP contribution in [-0.2, 0) is 9.53 Å². The second-order valence-corrected chi connectivity index (χ2v) is 5.32. The first-order valence-corrected chi connectivity index (χ1v) is 6.28. The van der Waals surface area contributed by atoms with E-state index in [2.05, 4.69) is 17.6 Å². The molecule has 4 nitrogen and oxygen atoms in total. The average molecular weight is 226 g/mol. The third-order valence-electron chi connectivity index (χ3n) is 3.74. The van der Waals surface area contributed by atoms with Crippen molar-refractivity contribution in [3.05, 3.63) is 0 Å². The van der Waals surface area contributed by atoms with Crippen molar-refractivity contribution >= 4 is 5.91 Å². The summed E-state index contributed by atoms with van der Waals surface area (Å²) in [6.07, 6.45) is 5.08. The molecule has 2 N–H and O–H groups in total. The highest BCUT2D eigenvalue weighted by Crippen LogP contribution is 2.36. The normalized spacial score (nSPS) is 28.9. The van der Waals surface area contributed by atoms with Crippen molar-refractivity contribution in [3.63, 3.8) is 0 Å². The molecule has 0 aromatic rings. The van der Waals surface area contributed by atoms with Crippen molar-refractivity contribution in [3.8, 4) is 0 Å². The number of rotatable bonds is 3. The zero-order valence-electron chi connectivity index (χ0n) is 10.1. The van der Waals surface area contributed by atoms with Gasteiger partial charge in [0.2, 0.25) is 5.91 Å². The Balaban J connectivity index is 1.74. The van der Waals surface area contributed by atoms with E-state index in [1.54, 1.807) is 0 Å². The molecule has 1 aliphatic heterocycles. The van der Waals surface area contributed by atoms with Gasteiger partial charge >= 0.3 is 0 Å². The van der Waals surface area contributed by atoms with E-state index in [0.717, 1.165) is 13.1 Å². The van der Waals surface area contributed by atoms with Crippen LogP contribution in [0.4, 0.5) is 0 Å². The van der Waals surface area contributed by atoms with Crippen LogP contribution < -0.4 is 10.6 Å². The molecule has 0 aromatic heterocycles. The van der Waals surface area contributed by atoms with Gasteiger partial charge in [-0.3, -0.25) is 4.79 Å². The topological polar surface area (TPSA) is 50.4 Å². The second-order valence-electron chi connectivity index (χ2n) is 5.32. The molecule has 0 spiro atoms. The highest BCUT2D eigenvalue weighted by atomic mass is 16.5. The van der Waals surface area contributed by atoms with Gasteiger partial charge in [0.15, 0.2) is 0 Å². The minimum absolute atomic E-state index is 0.0906. The van der Waals surface area contributed by atoms with Gasteiger partial charge in [-0.2, -0.15) is 0 Å². The molecule has 0 bridgehead atoms. The van der Waals surface area contributed by atoms with Gasteiger partial charge in [0.1, 0.15) is 6.04 Å². The van der Waals surface area contributed by atoms with Crippen LogP contribution in [0, 0.1) is 5.41 Å². The van der Waals surface area contributed by atoms with Crippen molar-refractivity contribution in [2.24, 2.45) is 5.41 Å². The maximum Gasteiger partial charge on any atom is 0.239 e. The van der Waals surface area contributed by atoms with Crippen LogP contribution >= 0.6 is 0 Å². The quantitative estimate of drug-likeness (QED) is 0.743. The van der Waals surface area contributed by atoms with E-state index in [1.807, 2.05) is 0 Å². The minimum atomic E-state index is -0.154. The van der Waals surface area contributed by atoms with Gasteiger partial charge in [0, 0.05) is 13.1 Å². The number of morpholine rings is 1. The third kappa shape index (κ3) is 2.95. The molecule has 1 saturated carbocycles. The molecule has 16 heavy (non-hydrogen) atoms. The van der Waals surface area contributed by atoms with Crippen LogP contribution in [0.15, 0.2) is 0 Å². The number of nitrogens with one attached hydrogen (secondary N) is 2. The highest BCUT2D eigenvalue weighted by Gasteiger charge is 2.30. The van der Waals surface area contributed by atoms with Gasteiger partial charge in [0.25, 0.3) is 0 Å². The molecule has 92 valence electrons. The lowest BCUT2D eigenvalue weighted by Crippen LogP contribution is -2.52. The molecule has 2 aliphatic rings. The van der Waals surface area contributed by atoms with Crippen molar-refractivity contribution in [2.45, 2.75) is 38.6 Å². The molecule has 1 saturated heterocycles. The maximum atomic E-state index is 11.8. The Morgan fingerprint density at radius 1 is 1.50 bits per heavy atom. The summed E-state index contributed by atoms with van der Waals surface area (Å²) in [5.74, 6) is 0.0906. The molecule has 1 amide bonds. The van der Waals surface area contributed by atoms with E-state index >= 15 is 0 Å². The molecule has 2 fully saturated rings. The van der Waals surface area contributed by atoms with E-state index in [-0.39, 0.29) is 11.9 Å². The van der Waals surface area contributed by atoms with Gasteiger partial charge in [-0.15, -0.1) is 0 Å². The molecule has 2 rings (SSSR count). The molecule has 1 atom stereocenters. The standard InChI is InChI=1S/C12H22N2O2/c1-12(4-2-3-5-12)9-14-11(15)10-8-16-7-6-13-10/h10,13H,2-9H2,1H3,(H,14,15). The monoisotopic (exact) mass is 226 g/mol. The Kier molecular flexibility index (Phi) is 3.82. The number of amides is 1. The Bertz CT molecular complexity index is 243. The number of hydrogen-bond donors (Lipinski definition) is 2. The molecule has 1 aliphatic carbocycles.